The Balaban J connectivity index is 1.32. The largest absolute Gasteiger partial charge is 0.508 e. The van der Waals surface area contributed by atoms with Crippen molar-refractivity contribution in [3.05, 3.63) is 167 Å². The summed E-state index contributed by atoms with van der Waals surface area (Å²) in [4.78, 5) is 29.9. The fraction of sp³-hybridized carbons (Fsp3) is 0.265. The Morgan fingerprint density at radius 1 is 0.845 bits per heavy atom. The van der Waals surface area contributed by atoms with Gasteiger partial charge in [0, 0.05) is 5.92 Å². The summed E-state index contributed by atoms with van der Waals surface area (Å²) in [7, 11) is -3.07. The molecule has 9 heteroatoms. The molecule has 1 aliphatic heterocycles. The van der Waals surface area contributed by atoms with Crippen LogP contribution < -0.4 is 15.3 Å². The highest BCUT2D eigenvalue weighted by atomic mass is 35.5. The van der Waals surface area contributed by atoms with Crippen molar-refractivity contribution in [2.24, 2.45) is 17.8 Å². The summed E-state index contributed by atoms with van der Waals surface area (Å²) in [5.74, 6) is -3.00. The molecule has 1 heterocycles. The monoisotopic (exact) mass is 811 g/mol. The highest BCUT2D eigenvalue weighted by Gasteiger charge is 2.56. The molecule has 298 valence electrons. The van der Waals surface area contributed by atoms with E-state index in [1.807, 2.05) is 78.9 Å². The van der Waals surface area contributed by atoms with Crippen LogP contribution in [0.2, 0.25) is 10.1 Å². The number of nitrogens with zero attached hydrogens (tertiary/aromatic N) is 1. The van der Waals surface area contributed by atoms with Crippen LogP contribution in [0.5, 0.6) is 5.75 Å². The van der Waals surface area contributed by atoms with E-state index in [-0.39, 0.29) is 42.1 Å². The van der Waals surface area contributed by atoms with Crippen LogP contribution >= 0.6 is 11.6 Å². The maximum atomic E-state index is 14.3. The summed E-state index contributed by atoms with van der Waals surface area (Å²) in [6, 6.07) is 44.2. The molecule has 0 spiro atoms. The molecule has 5 aromatic carbocycles. The topological polar surface area (TPSA) is 107 Å². The van der Waals surface area contributed by atoms with Crippen molar-refractivity contribution in [1.29, 1.82) is 0 Å². The normalized spacial score (nSPS) is 19.4. The number of hydrogen-bond acceptors (Lipinski definition) is 6. The highest BCUT2D eigenvalue weighted by molar-refractivity contribution is 6.99. The van der Waals surface area contributed by atoms with Gasteiger partial charge in [-0.25, -0.2) is 0 Å². The second-order valence-corrected chi connectivity index (χ2v) is 21.0. The Bertz CT molecular complexity index is 2250. The van der Waals surface area contributed by atoms with E-state index in [0.717, 1.165) is 32.6 Å². The number of aliphatic hydroxyl groups is 2. The average molecular weight is 812 g/mol. The van der Waals surface area contributed by atoms with Crippen LogP contribution in [0.1, 0.15) is 51.2 Å². The van der Waals surface area contributed by atoms with E-state index in [4.69, 9.17) is 16.0 Å². The van der Waals surface area contributed by atoms with Crippen molar-refractivity contribution in [2.45, 2.75) is 51.2 Å². The number of rotatable bonds is 13. The first kappa shape index (κ1) is 41.1. The van der Waals surface area contributed by atoms with Gasteiger partial charge in [0.25, 0.3) is 8.32 Å². The van der Waals surface area contributed by atoms with E-state index in [9.17, 15) is 24.9 Å². The summed E-state index contributed by atoms with van der Waals surface area (Å²) < 4.78 is 7.43. The maximum absolute atomic E-state index is 14.3. The summed E-state index contributed by atoms with van der Waals surface area (Å²) >= 11 is 6.56. The fourth-order valence-corrected chi connectivity index (χ4v) is 13.9. The third-order valence-corrected chi connectivity index (χ3v) is 17.1. The minimum absolute atomic E-state index is 0.0648. The SMILES string of the molecule is CC(C)(C)[Si](OCC1=C([C@H](O)CC/C(=C/c2ccc(O)cc2Cl)c2ccccc2)[C@H](CO)[C@@H]2C(=O)N(c3ccccc3)C(=O)[C@@H]2C1)(c1ccccc1)c1ccccc1. The van der Waals surface area contributed by atoms with E-state index >= 15 is 0 Å². The Hall–Kier alpha value is -5.09. The van der Waals surface area contributed by atoms with Gasteiger partial charge in [0.05, 0.1) is 41.9 Å². The Morgan fingerprint density at radius 3 is 1.97 bits per heavy atom. The van der Waals surface area contributed by atoms with Gasteiger partial charge in [-0.2, -0.15) is 0 Å². The van der Waals surface area contributed by atoms with Gasteiger partial charge in [0.2, 0.25) is 11.8 Å². The molecule has 4 atom stereocenters. The van der Waals surface area contributed by atoms with Crippen molar-refractivity contribution in [2.75, 3.05) is 18.1 Å². The number of phenols is 1. The number of aromatic hydroxyl groups is 1. The minimum Gasteiger partial charge on any atom is -0.508 e. The van der Waals surface area contributed by atoms with Gasteiger partial charge in [-0.1, -0.05) is 142 Å². The lowest BCUT2D eigenvalue weighted by molar-refractivity contribution is -0.123. The number of hydrogen-bond donors (Lipinski definition) is 3. The first-order valence-electron chi connectivity index (χ1n) is 19.9. The van der Waals surface area contributed by atoms with Crippen LogP contribution in [-0.4, -0.2) is 54.8 Å². The maximum Gasteiger partial charge on any atom is 0.261 e. The molecule has 1 fully saturated rings. The third kappa shape index (κ3) is 8.00. The Kier molecular flexibility index (Phi) is 12.3. The van der Waals surface area contributed by atoms with Gasteiger partial charge in [-0.3, -0.25) is 14.5 Å². The molecule has 1 aliphatic carbocycles. The van der Waals surface area contributed by atoms with Crippen LogP contribution in [-0.2, 0) is 14.0 Å². The van der Waals surface area contributed by atoms with E-state index in [1.54, 1.807) is 36.4 Å². The molecule has 5 aromatic rings. The van der Waals surface area contributed by atoms with E-state index in [0.29, 0.717) is 22.7 Å². The molecule has 7 rings (SSSR count). The lowest BCUT2D eigenvalue weighted by Crippen LogP contribution is -2.66. The zero-order chi connectivity index (χ0) is 41.0. The molecule has 3 N–H and O–H groups in total. The van der Waals surface area contributed by atoms with Crippen molar-refractivity contribution in [3.8, 4) is 5.75 Å². The number of fused-ring (bicyclic) bond motifs is 1. The Morgan fingerprint density at radius 2 is 1.41 bits per heavy atom. The second-order valence-electron chi connectivity index (χ2n) is 16.3. The van der Waals surface area contributed by atoms with Crippen LogP contribution in [0.4, 0.5) is 5.69 Å². The van der Waals surface area contributed by atoms with Crippen molar-refractivity contribution < 1.29 is 29.3 Å². The predicted molar refractivity (Wildman–Crippen MR) is 234 cm³/mol. The van der Waals surface area contributed by atoms with E-state index in [1.165, 1.54) is 11.0 Å². The second kappa shape index (κ2) is 17.4. The van der Waals surface area contributed by atoms with Crippen LogP contribution in [0.25, 0.3) is 11.6 Å². The van der Waals surface area contributed by atoms with Crippen LogP contribution in [0.15, 0.2) is 151 Å². The van der Waals surface area contributed by atoms with E-state index in [2.05, 4.69) is 45.0 Å². The van der Waals surface area contributed by atoms with Gasteiger partial charge >= 0.3 is 0 Å². The number of para-hydroxylation sites is 1. The third-order valence-electron chi connectivity index (χ3n) is 11.8. The molecule has 58 heavy (non-hydrogen) atoms. The van der Waals surface area contributed by atoms with Gasteiger partial charge in [-0.05, 0) is 98.9 Å². The summed E-state index contributed by atoms with van der Waals surface area (Å²) in [6.45, 7) is 6.28. The Labute approximate surface area is 347 Å². The first-order chi connectivity index (χ1) is 27.9. The number of halogens is 1. The molecule has 2 amide bonds. The van der Waals surface area contributed by atoms with Crippen LogP contribution in [0, 0.1) is 17.8 Å². The summed E-state index contributed by atoms with van der Waals surface area (Å²) in [6.07, 6.45) is 1.77. The number of carbonyl (C=O) groups excluding carboxylic acids is 2. The number of amides is 2. The molecule has 0 unspecified atom stereocenters. The van der Waals surface area contributed by atoms with Crippen molar-refractivity contribution >= 4 is 59.4 Å². The van der Waals surface area contributed by atoms with Gasteiger partial charge in [0.1, 0.15) is 5.75 Å². The smallest absolute Gasteiger partial charge is 0.261 e. The number of carbonyl (C=O) groups is 2. The standard InChI is InChI=1S/C49H50ClNO6Si/c1-49(2,3)58(39-20-12-6-13-21-39,40-22-14-7-15-23-40)57-32-36-29-41-46(48(56)51(47(41)55)37-18-10-5-11-19-37)42(31-52)45(36)44(54)27-25-34(33-16-8-4-9-17-33)28-35-24-26-38(53)30-43(35)50/h4-24,26,28,30,41-42,44,46,52-54H,25,27,29,31-32H2,1-3H3/b34-28-/t41-,42+,44-,46-/m1/s1. The fourth-order valence-electron chi connectivity index (χ4n) is 9.10. The lowest BCUT2D eigenvalue weighted by atomic mass is 9.68. The highest BCUT2D eigenvalue weighted by Crippen LogP contribution is 2.48. The number of benzene rings is 5. The number of aliphatic hydroxyl groups excluding tert-OH is 2. The molecule has 1 saturated heterocycles. The molecule has 2 aliphatic rings. The zero-order valence-corrected chi connectivity index (χ0v) is 34.8. The van der Waals surface area contributed by atoms with E-state index < -0.39 is 38.8 Å². The quantitative estimate of drug-likeness (QED) is 0.0478. The number of anilines is 1. The van der Waals surface area contributed by atoms with Crippen LogP contribution in [0.3, 0.4) is 0 Å². The molecule has 0 saturated carbocycles. The van der Waals surface area contributed by atoms with Crippen molar-refractivity contribution in [3.63, 3.8) is 0 Å². The average Bonchev–Trinajstić information content (AvgIpc) is 3.48. The summed E-state index contributed by atoms with van der Waals surface area (Å²) in [5, 5.41) is 36.0. The van der Waals surface area contributed by atoms with Gasteiger partial charge in [-0.15, -0.1) is 0 Å². The zero-order valence-electron chi connectivity index (χ0n) is 33.1. The molecule has 0 radical (unpaired) electrons. The predicted octanol–water partition coefficient (Wildman–Crippen LogP) is 8.42. The molecular weight excluding hydrogens is 762 g/mol. The number of imide groups is 1. The molecule has 7 nitrogen and oxygen atoms in total. The van der Waals surface area contributed by atoms with Crippen molar-refractivity contribution in [1.82, 2.24) is 0 Å². The number of allylic oxidation sites excluding steroid dienone is 1. The molecule has 0 bridgehead atoms. The van der Waals surface area contributed by atoms with Gasteiger partial charge in [0.15, 0.2) is 0 Å². The molecular formula is C49H50ClNO6Si. The lowest BCUT2D eigenvalue weighted by Gasteiger charge is -2.44. The molecule has 0 aromatic heterocycles. The van der Waals surface area contributed by atoms with Gasteiger partial charge < -0.3 is 19.7 Å². The first-order valence-corrected chi connectivity index (χ1v) is 22.2. The number of phenolic OH excluding ortho intramolecular Hbond substituents is 1. The minimum atomic E-state index is -3.07. The summed E-state index contributed by atoms with van der Waals surface area (Å²) in [5.41, 5.74) is 4.36.